The van der Waals surface area contributed by atoms with Gasteiger partial charge in [-0.2, -0.15) is 0 Å². The molecule has 0 aromatic heterocycles. The Kier molecular flexibility index (Phi) is 9.31. The van der Waals surface area contributed by atoms with E-state index in [1.54, 1.807) is 62.4 Å². The summed E-state index contributed by atoms with van der Waals surface area (Å²) in [5, 5.41) is 3.36. The van der Waals surface area contributed by atoms with E-state index in [9.17, 15) is 18.0 Å². The zero-order chi connectivity index (χ0) is 24.8. The predicted octanol–water partition coefficient (Wildman–Crippen LogP) is 3.60. The SMILES string of the molecule is Cc1ccccc1N(CC(=O)N(Cc1cccc(Cl)c1)[C@H](C)C(=O)NCC(C)C)S(C)(=O)=O. The number of anilines is 1. The Morgan fingerprint density at radius 2 is 1.73 bits per heavy atom. The number of nitrogens with one attached hydrogen (secondary N) is 1. The van der Waals surface area contributed by atoms with E-state index in [0.717, 1.165) is 21.7 Å². The van der Waals surface area contributed by atoms with Gasteiger partial charge in [0.05, 0.1) is 11.9 Å². The Morgan fingerprint density at radius 3 is 2.30 bits per heavy atom. The summed E-state index contributed by atoms with van der Waals surface area (Å²) in [4.78, 5) is 27.6. The highest BCUT2D eigenvalue weighted by atomic mass is 35.5. The predicted molar refractivity (Wildman–Crippen MR) is 133 cm³/mol. The van der Waals surface area contributed by atoms with Crippen LogP contribution in [0.1, 0.15) is 31.9 Å². The highest BCUT2D eigenvalue weighted by molar-refractivity contribution is 7.92. The first-order chi connectivity index (χ1) is 15.4. The van der Waals surface area contributed by atoms with Crippen LogP contribution in [0.25, 0.3) is 0 Å². The second-order valence-electron chi connectivity index (χ2n) is 8.52. The van der Waals surface area contributed by atoms with Crippen molar-refractivity contribution in [2.45, 2.75) is 40.3 Å². The van der Waals surface area contributed by atoms with Crippen molar-refractivity contribution in [3.05, 3.63) is 64.7 Å². The van der Waals surface area contributed by atoms with Crippen LogP contribution in [0.3, 0.4) is 0 Å². The van der Waals surface area contributed by atoms with Gasteiger partial charge in [-0.3, -0.25) is 13.9 Å². The Morgan fingerprint density at radius 1 is 1.06 bits per heavy atom. The van der Waals surface area contributed by atoms with Crippen LogP contribution in [0.2, 0.25) is 5.02 Å². The third-order valence-electron chi connectivity index (χ3n) is 5.16. The second kappa shape index (κ2) is 11.5. The molecular weight excluding hydrogens is 462 g/mol. The fourth-order valence-electron chi connectivity index (χ4n) is 3.31. The van der Waals surface area contributed by atoms with Gasteiger partial charge in [0.2, 0.25) is 21.8 Å². The molecule has 9 heteroatoms. The number of amides is 2. The number of nitrogens with zero attached hydrogens (tertiary/aromatic N) is 2. The van der Waals surface area contributed by atoms with Crippen LogP contribution in [0.4, 0.5) is 5.69 Å². The van der Waals surface area contributed by atoms with Gasteiger partial charge in [-0.25, -0.2) is 8.42 Å². The molecule has 0 heterocycles. The van der Waals surface area contributed by atoms with Gasteiger partial charge >= 0.3 is 0 Å². The Bertz CT molecular complexity index is 1090. The maximum absolute atomic E-state index is 13.5. The molecule has 180 valence electrons. The number of sulfonamides is 1. The van der Waals surface area contributed by atoms with Crippen LogP contribution in [-0.2, 0) is 26.2 Å². The third-order valence-corrected chi connectivity index (χ3v) is 6.52. The fraction of sp³-hybridized carbons (Fsp3) is 0.417. The molecule has 0 fully saturated rings. The Balaban J connectivity index is 2.38. The van der Waals surface area contributed by atoms with Gasteiger partial charge in [-0.05, 0) is 49.1 Å². The molecule has 2 aromatic carbocycles. The lowest BCUT2D eigenvalue weighted by molar-refractivity contribution is -0.139. The first-order valence-electron chi connectivity index (χ1n) is 10.7. The van der Waals surface area contributed by atoms with Crippen molar-refractivity contribution in [2.75, 3.05) is 23.7 Å². The number of halogens is 1. The number of para-hydroxylation sites is 1. The zero-order valence-electron chi connectivity index (χ0n) is 19.7. The van der Waals surface area contributed by atoms with Crippen LogP contribution in [0, 0.1) is 12.8 Å². The standard InChI is InChI=1S/C24H32ClN3O4S/c1-17(2)14-26-24(30)19(4)27(15-20-10-8-11-21(25)13-20)23(29)16-28(33(5,31)32)22-12-7-6-9-18(22)3/h6-13,17,19H,14-16H2,1-5H3,(H,26,30)/t19-/m1/s1. The summed E-state index contributed by atoms with van der Waals surface area (Å²) in [5.41, 5.74) is 1.88. The maximum Gasteiger partial charge on any atom is 0.244 e. The van der Waals surface area contributed by atoms with Crippen molar-refractivity contribution in [1.29, 1.82) is 0 Å². The highest BCUT2D eigenvalue weighted by Crippen LogP contribution is 2.23. The van der Waals surface area contributed by atoms with Crippen LogP contribution in [-0.4, -0.2) is 50.5 Å². The number of carbonyl (C=O) groups excluding carboxylic acids is 2. The summed E-state index contributed by atoms with van der Waals surface area (Å²) in [5.74, 6) is -0.545. The van der Waals surface area contributed by atoms with Gasteiger partial charge in [0.1, 0.15) is 12.6 Å². The molecule has 0 aliphatic heterocycles. The minimum Gasteiger partial charge on any atom is -0.354 e. The minimum atomic E-state index is -3.75. The zero-order valence-corrected chi connectivity index (χ0v) is 21.3. The van der Waals surface area contributed by atoms with Gasteiger partial charge in [-0.1, -0.05) is 55.8 Å². The van der Waals surface area contributed by atoms with Gasteiger partial charge in [0.25, 0.3) is 0 Å². The van der Waals surface area contributed by atoms with Gasteiger partial charge < -0.3 is 10.2 Å². The monoisotopic (exact) mass is 493 g/mol. The molecule has 0 bridgehead atoms. The van der Waals surface area contributed by atoms with E-state index >= 15 is 0 Å². The quantitative estimate of drug-likeness (QED) is 0.547. The van der Waals surface area contributed by atoms with E-state index in [1.807, 2.05) is 13.8 Å². The van der Waals surface area contributed by atoms with Crippen molar-refractivity contribution in [3.63, 3.8) is 0 Å². The van der Waals surface area contributed by atoms with E-state index in [2.05, 4.69) is 5.32 Å². The fourth-order valence-corrected chi connectivity index (χ4v) is 4.43. The highest BCUT2D eigenvalue weighted by Gasteiger charge is 2.30. The van der Waals surface area contributed by atoms with Crippen molar-refractivity contribution in [3.8, 4) is 0 Å². The maximum atomic E-state index is 13.5. The van der Waals surface area contributed by atoms with Crippen LogP contribution in [0.15, 0.2) is 48.5 Å². The smallest absolute Gasteiger partial charge is 0.244 e. The number of rotatable bonds is 10. The minimum absolute atomic E-state index is 0.112. The first kappa shape index (κ1) is 26.7. The number of aryl methyl sites for hydroxylation is 1. The summed E-state index contributed by atoms with van der Waals surface area (Å²) in [7, 11) is -3.75. The Labute approximate surface area is 201 Å². The van der Waals surface area contributed by atoms with E-state index < -0.39 is 28.5 Å². The van der Waals surface area contributed by atoms with E-state index in [0.29, 0.717) is 17.3 Å². The lowest BCUT2D eigenvalue weighted by Gasteiger charge is -2.32. The molecular formula is C24H32ClN3O4S. The molecule has 2 amide bonds. The molecule has 33 heavy (non-hydrogen) atoms. The summed E-state index contributed by atoms with van der Waals surface area (Å²) < 4.78 is 26.2. The molecule has 1 atom stereocenters. The third kappa shape index (κ3) is 7.75. The average Bonchev–Trinajstić information content (AvgIpc) is 2.73. The van der Waals surface area contributed by atoms with Crippen LogP contribution in [0.5, 0.6) is 0 Å². The molecule has 0 aliphatic carbocycles. The topological polar surface area (TPSA) is 86.8 Å². The molecule has 0 aliphatic rings. The lowest BCUT2D eigenvalue weighted by atomic mass is 10.1. The normalized spacial score (nSPS) is 12.3. The largest absolute Gasteiger partial charge is 0.354 e. The molecule has 7 nitrogen and oxygen atoms in total. The first-order valence-corrected chi connectivity index (χ1v) is 13.0. The molecule has 0 radical (unpaired) electrons. The second-order valence-corrected chi connectivity index (χ2v) is 10.9. The van der Waals surface area contributed by atoms with E-state index in [4.69, 9.17) is 11.6 Å². The van der Waals surface area contributed by atoms with Crippen LogP contribution >= 0.6 is 11.6 Å². The lowest BCUT2D eigenvalue weighted by Crippen LogP contribution is -2.51. The molecule has 0 saturated carbocycles. The summed E-state index contributed by atoms with van der Waals surface area (Å²) >= 11 is 6.11. The van der Waals surface area contributed by atoms with Crippen LogP contribution < -0.4 is 9.62 Å². The van der Waals surface area contributed by atoms with E-state index in [-0.39, 0.29) is 18.4 Å². The number of benzene rings is 2. The van der Waals surface area contributed by atoms with E-state index in [1.165, 1.54) is 4.90 Å². The van der Waals surface area contributed by atoms with Crippen molar-refractivity contribution < 1.29 is 18.0 Å². The summed E-state index contributed by atoms with van der Waals surface area (Å²) in [6.45, 7) is 7.53. The summed E-state index contributed by atoms with van der Waals surface area (Å²) in [6.07, 6.45) is 1.06. The van der Waals surface area contributed by atoms with Gasteiger partial charge in [0, 0.05) is 18.1 Å². The van der Waals surface area contributed by atoms with Crippen molar-refractivity contribution in [1.82, 2.24) is 10.2 Å². The summed E-state index contributed by atoms with van der Waals surface area (Å²) in [6, 6.07) is 13.2. The molecule has 0 saturated heterocycles. The average molecular weight is 494 g/mol. The molecule has 2 rings (SSSR count). The molecule has 0 unspecified atom stereocenters. The number of hydrogen-bond donors (Lipinski definition) is 1. The van der Waals surface area contributed by atoms with Crippen molar-refractivity contribution >= 4 is 39.1 Å². The molecule has 1 N–H and O–H groups in total. The molecule has 2 aromatic rings. The Hall–Kier alpha value is -2.58. The molecule has 0 spiro atoms. The number of hydrogen-bond acceptors (Lipinski definition) is 4. The van der Waals surface area contributed by atoms with Gasteiger partial charge in [-0.15, -0.1) is 0 Å². The van der Waals surface area contributed by atoms with Gasteiger partial charge in [0.15, 0.2) is 0 Å². The number of carbonyl (C=O) groups is 2. The van der Waals surface area contributed by atoms with Crippen molar-refractivity contribution in [2.24, 2.45) is 5.92 Å².